The number of methoxy groups -OCH3 is 1. The van der Waals surface area contributed by atoms with Crippen LogP contribution in [0.4, 0.5) is 0 Å². The molecule has 0 aromatic carbocycles. The van der Waals surface area contributed by atoms with Crippen molar-refractivity contribution in [1.82, 2.24) is 0 Å². The molecule has 0 aromatic rings. The highest BCUT2D eigenvalue weighted by Crippen LogP contribution is 2.40. The lowest BCUT2D eigenvalue weighted by molar-refractivity contribution is -0.140. The molecule has 0 saturated heterocycles. The predicted octanol–water partition coefficient (Wildman–Crippen LogP) is 0.0153. The van der Waals surface area contributed by atoms with Gasteiger partial charge < -0.3 is 9.63 Å². The van der Waals surface area contributed by atoms with E-state index in [1.165, 1.54) is 7.11 Å². The van der Waals surface area contributed by atoms with Gasteiger partial charge in [-0.15, -0.1) is 0 Å². The van der Waals surface area contributed by atoms with E-state index in [2.05, 4.69) is 15.3 Å². The molecule has 0 saturated carbocycles. The normalized spacial score (nSPS) is 15.2. The van der Waals surface area contributed by atoms with E-state index in [9.17, 15) is 9.36 Å². The molecule has 0 amide bonds. The molecule has 0 fully saturated rings. The summed E-state index contributed by atoms with van der Waals surface area (Å²) in [5.41, 5.74) is 0. The Bertz CT molecular complexity index is 194. The molecular weight excluding hydrogens is 185 g/mol. The van der Waals surface area contributed by atoms with E-state index in [1.807, 2.05) is 0 Å². The quantitative estimate of drug-likeness (QED) is 0.366. The van der Waals surface area contributed by atoms with E-state index in [0.717, 1.165) is 0 Å². The van der Waals surface area contributed by atoms with Gasteiger partial charge in [0.2, 0.25) is 0 Å². The largest absolute Gasteiger partial charge is 0.469 e. The van der Waals surface area contributed by atoms with Crippen molar-refractivity contribution in [3.05, 3.63) is 0 Å². The molecule has 1 atom stereocenters. The van der Waals surface area contributed by atoms with Crippen molar-refractivity contribution in [3.8, 4) is 0 Å². The van der Waals surface area contributed by atoms with Crippen LogP contribution < -0.4 is 5.90 Å². The Labute approximate surface area is 70.1 Å². The Balaban J connectivity index is 3.57. The van der Waals surface area contributed by atoms with Gasteiger partial charge in [-0.2, -0.15) is 0 Å². The first-order valence-corrected chi connectivity index (χ1v) is 5.05. The Morgan fingerprint density at radius 1 is 1.67 bits per heavy atom. The zero-order valence-corrected chi connectivity index (χ0v) is 7.62. The average Bonchev–Trinajstić information content (AvgIpc) is 2.04. The minimum atomic E-state index is -3.67. The van der Waals surface area contributed by atoms with E-state index < -0.39 is 13.6 Å². The van der Waals surface area contributed by atoms with Gasteiger partial charge in [-0.05, 0) is 6.42 Å². The molecule has 0 bridgehead atoms. The smallest absolute Gasteiger partial charge is 0.344 e. The number of hydrogen-bond acceptors (Lipinski definition) is 5. The molecular formula is C5H12NO5P. The van der Waals surface area contributed by atoms with Crippen molar-refractivity contribution in [1.29, 1.82) is 0 Å². The van der Waals surface area contributed by atoms with Crippen molar-refractivity contribution in [2.45, 2.75) is 12.8 Å². The van der Waals surface area contributed by atoms with Crippen LogP contribution in [0.1, 0.15) is 12.8 Å². The van der Waals surface area contributed by atoms with Crippen molar-refractivity contribution in [2.24, 2.45) is 5.90 Å². The third-order valence-corrected chi connectivity index (χ3v) is 2.42. The summed E-state index contributed by atoms with van der Waals surface area (Å²) in [5.74, 6) is 4.10. The average molecular weight is 197 g/mol. The zero-order chi connectivity index (χ0) is 9.61. The maximum atomic E-state index is 10.7. The topological polar surface area (TPSA) is 98.9 Å². The summed E-state index contributed by atoms with van der Waals surface area (Å²) in [5, 5.41) is 0. The Morgan fingerprint density at radius 2 is 2.25 bits per heavy atom. The molecule has 0 spiro atoms. The van der Waals surface area contributed by atoms with Gasteiger partial charge in [0.25, 0.3) is 0 Å². The Hall–Kier alpha value is -0.420. The van der Waals surface area contributed by atoms with Gasteiger partial charge in [-0.25, -0.2) is 10.5 Å². The van der Waals surface area contributed by atoms with Gasteiger partial charge >= 0.3 is 13.6 Å². The summed E-state index contributed by atoms with van der Waals surface area (Å²) in [4.78, 5) is 19.3. The summed E-state index contributed by atoms with van der Waals surface area (Å²) in [7, 11) is -2.42. The number of rotatable bonds is 5. The minimum Gasteiger partial charge on any atom is -0.469 e. The third-order valence-electron chi connectivity index (χ3n) is 1.21. The first-order valence-electron chi connectivity index (χ1n) is 3.29. The van der Waals surface area contributed by atoms with Crippen LogP contribution in [0, 0.1) is 0 Å². The monoisotopic (exact) mass is 197 g/mol. The fraction of sp³-hybridized carbons (Fsp3) is 0.800. The van der Waals surface area contributed by atoms with Crippen LogP contribution in [0.25, 0.3) is 0 Å². The standard InChI is InChI=1S/C5H12NO5P/c1-10-5(7)3-2-4-12(8,9)11-6/h2-4,6H2,1H3,(H,8,9). The number of nitrogens with two attached hydrogens (primary N) is 1. The van der Waals surface area contributed by atoms with Crippen molar-refractivity contribution >= 4 is 13.6 Å². The maximum Gasteiger partial charge on any atom is 0.344 e. The van der Waals surface area contributed by atoms with Crippen LogP contribution in [0.15, 0.2) is 0 Å². The van der Waals surface area contributed by atoms with Crippen LogP contribution in [0.2, 0.25) is 0 Å². The summed E-state index contributed by atoms with van der Waals surface area (Å²) < 4.78 is 18.8. The van der Waals surface area contributed by atoms with Crippen LogP contribution in [0.3, 0.4) is 0 Å². The van der Waals surface area contributed by atoms with E-state index in [4.69, 9.17) is 4.89 Å². The maximum absolute atomic E-state index is 10.7. The molecule has 0 aliphatic heterocycles. The van der Waals surface area contributed by atoms with E-state index >= 15 is 0 Å². The van der Waals surface area contributed by atoms with Crippen LogP contribution >= 0.6 is 7.60 Å². The molecule has 0 rings (SSSR count). The van der Waals surface area contributed by atoms with E-state index in [1.54, 1.807) is 0 Å². The highest BCUT2D eigenvalue weighted by atomic mass is 31.2. The number of hydrogen-bond donors (Lipinski definition) is 2. The molecule has 0 radical (unpaired) electrons. The lowest BCUT2D eigenvalue weighted by Gasteiger charge is -2.05. The van der Waals surface area contributed by atoms with Crippen molar-refractivity contribution < 1.29 is 23.6 Å². The number of esters is 1. The first kappa shape index (κ1) is 11.6. The van der Waals surface area contributed by atoms with Gasteiger partial charge in [0, 0.05) is 6.42 Å². The third kappa shape index (κ3) is 5.26. The summed E-state index contributed by atoms with van der Waals surface area (Å²) in [6, 6.07) is 0. The van der Waals surface area contributed by atoms with E-state index in [0.29, 0.717) is 0 Å². The highest BCUT2D eigenvalue weighted by Gasteiger charge is 2.17. The number of carbonyl (C=O) groups excluding carboxylic acids is 1. The highest BCUT2D eigenvalue weighted by molar-refractivity contribution is 7.52. The molecule has 6 nitrogen and oxygen atoms in total. The van der Waals surface area contributed by atoms with Crippen molar-refractivity contribution in [2.75, 3.05) is 13.3 Å². The summed E-state index contributed by atoms with van der Waals surface area (Å²) in [6.45, 7) is 0. The van der Waals surface area contributed by atoms with Crippen molar-refractivity contribution in [3.63, 3.8) is 0 Å². The van der Waals surface area contributed by atoms with Crippen LogP contribution in [0.5, 0.6) is 0 Å². The molecule has 12 heavy (non-hydrogen) atoms. The molecule has 72 valence electrons. The SMILES string of the molecule is COC(=O)CCCP(=O)(O)ON. The van der Waals surface area contributed by atoms with Crippen LogP contribution in [-0.4, -0.2) is 24.1 Å². The minimum absolute atomic E-state index is 0.0877. The lowest BCUT2D eigenvalue weighted by Crippen LogP contribution is -2.04. The van der Waals surface area contributed by atoms with Crippen LogP contribution in [-0.2, 0) is 18.7 Å². The molecule has 0 aliphatic carbocycles. The number of ether oxygens (including phenoxy) is 1. The van der Waals surface area contributed by atoms with Gasteiger partial charge in [0.1, 0.15) is 0 Å². The molecule has 0 heterocycles. The first-order chi connectivity index (χ1) is 5.52. The number of carbonyl (C=O) groups is 1. The Morgan fingerprint density at radius 3 is 2.67 bits per heavy atom. The molecule has 0 aliphatic rings. The lowest BCUT2D eigenvalue weighted by atomic mass is 10.3. The van der Waals surface area contributed by atoms with Gasteiger partial charge in [0.05, 0.1) is 13.3 Å². The molecule has 0 aromatic heterocycles. The fourth-order valence-corrected chi connectivity index (χ4v) is 1.24. The van der Waals surface area contributed by atoms with Gasteiger partial charge in [-0.1, -0.05) is 0 Å². The molecule has 1 unspecified atom stereocenters. The second-order valence-electron chi connectivity index (χ2n) is 2.15. The second-order valence-corrected chi connectivity index (χ2v) is 4.08. The fourth-order valence-electron chi connectivity index (χ4n) is 0.578. The van der Waals surface area contributed by atoms with E-state index in [-0.39, 0.29) is 19.0 Å². The van der Waals surface area contributed by atoms with Gasteiger partial charge in [0.15, 0.2) is 0 Å². The zero-order valence-electron chi connectivity index (χ0n) is 6.73. The summed E-state index contributed by atoms with van der Waals surface area (Å²) in [6.07, 6.45) is 0.167. The molecule has 7 heteroatoms. The van der Waals surface area contributed by atoms with Gasteiger partial charge in [-0.3, -0.25) is 9.36 Å². The second kappa shape index (κ2) is 5.27. The Kier molecular flexibility index (Phi) is 5.08. The summed E-state index contributed by atoms with van der Waals surface area (Å²) >= 11 is 0. The molecule has 3 N–H and O–H groups in total. The predicted molar refractivity (Wildman–Crippen MR) is 41.2 cm³/mol.